The average Bonchev–Trinajstić information content (AvgIpc) is 3.49. The zero-order chi connectivity index (χ0) is 31.2. The van der Waals surface area contributed by atoms with Crippen molar-refractivity contribution in [3.8, 4) is 51.0 Å². The second-order valence-corrected chi connectivity index (χ2v) is 11.6. The number of rotatable bonds is 5. The van der Waals surface area contributed by atoms with Gasteiger partial charge >= 0.3 is 0 Å². The van der Waals surface area contributed by atoms with E-state index in [0.717, 1.165) is 44.3 Å². The number of hydrogen-bond acceptors (Lipinski definition) is 3. The molecule has 0 saturated carbocycles. The zero-order valence-corrected chi connectivity index (χ0v) is 25.5. The summed E-state index contributed by atoms with van der Waals surface area (Å²) in [6.07, 6.45) is 0. The maximum Gasteiger partial charge on any atom is 0.164 e. The molecule has 0 aliphatic heterocycles. The minimum atomic E-state index is 0.649. The van der Waals surface area contributed by atoms with Gasteiger partial charge in [-0.2, -0.15) is 0 Å². The third kappa shape index (κ3) is 4.58. The first-order valence-electron chi connectivity index (χ1n) is 15.8. The van der Waals surface area contributed by atoms with Gasteiger partial charge in [-0.25, -0.2) is 15.0 Å². The van der Waals surface area contributed by atoms with Gasteiger partial charge in [0.2, 0.25) is 0 Å². The van der Waals surface area contributed by atoms with Crippen molar-refractivity contribution in [2.45, 2.75) is 0 Å². The van der Waals surface area contributed by atoms with Crippen molar-refractivity contribution < 1.29 is 0 Å². The fraction of sp³-hybridized carbons (Fsp3) is 0. The Morgan fingerprint density at radius 1 is 0.298 bits per heavy atom. The number of para-hydroxylation sites is 3. The molecule has 4 heteroatoms. The van der Waals surface area contributed by atoms with Gasteiger partial charge in [-0.3, -0.25) is 0 Å². The molecule has 9 aromatic rings. The molecule has 0 saturated heterocycles. The summed E-state index contributed by atoms with van der Waals surface area (Å²) < 4.78 is 2.40. The van der Waals surface area contributed by atoms with Gasteiger partial charge in [0.05, 0.1) is 16.7 Å². The quantitative estimate of drug-likeness (QED) is 0.197. The first-order chi connectivity index (χ1) is 23.3. The Kier molecular flexibility index (Phi) is 6.43. The summed E-state index contributed by atoms with van der Waals surface area (Å²) in [5, 5.41) is 4.72. The van der Waals surface area contributed by atoms with E-state index in [2.05, 4.69) is 114 Å². The van der Waals surface area contributed by atoms with Crippen LogP contribution in [0, 0.1) is 0 Å². The van der Waals surface area contributed by atoms with Gasteiger partial charge in [-0.1, -0.05) is 146 Å². The summed E-state index contributed by atoms with van der Waals surface area (Å²) >= 11 is 0. The normalized spacial score (nSPS) is 11.4. The van der Waals surface area contributed by atoms with E-state index in [4.69, 9.17) is 15.0 Å². The highest BCUT2D eigenvalue weighted by atomic mass is 15.0. The van der Waals surface area contributed by atoms with Crippen molar-refractivity contribution in [1.29, 1.82) is 0 Å². The van der Waals surface area contributed by atoms with E-state index in [9.17, 15) is 0 Å². The van der Waals surface area contributed by atoms with E-state index < -0.39 is 0 Å². The second-order valence-electron chi connectivity index (χ2n) is 11.6. The van der Waals surface area contributed by atoms with E-state index in [1.807, 2.05) is 60.7 Å². The molecule has 2 aromatic heterocycles. The van der Waals surface area contributed by atoms with Gasteiger partial charge in [0, 0.05) is 33.0 Å². The van der Waals surface area contributed by atoms with E-state index >= 15 is 0 Å². The number of hydrogen-bond donors (Lipinski definition) is 0. The fourth-order valence-electron chi connectivity index (χ4n) is 6.74. The SMILES string of the molecule is c1ccc(-c2nc(-c3ccccc3)nc(-c3ccc(-c4ccccc4-n4c5ccccc5c5ccccc54)c4ccccc34)n2)cc1. The summed E-state index contributed by atoms with van der Waals surface area (Å²) in [5.74, 6) is 1.95. The van der Waals surface area contributed by atoms with Gasteiger partial charge in [0.15, 0.2) is 17.5 Å². The Hall–Kier alpha value is -6.39. The van der Waals surface area contributed by atoms with E-state index in [1.165, 1.54) is 21.8 Å². The molecule has 0 bridgehead atoms. The zero-order valence-electron chi connectivity index (χ0n) is 25.5. The second kappa shape index (κ2) is 11.2. The van der Waals surface area contributed by atoms with Gasteiger partial charge in [0.25, 0.3) is 0 Å². The number of fused-ring (bicyclic) bond motifs is 4. The molecule has 0 unspecified atom stereocenters. The average molecular weight is 601 g/mol. The third-order valence-corrected chi connectivity index (χ3v) is 8.88. The lowest BCUT2D eigenvalue weighted by molar-refractivity contribution is 1.08. The molecule has 9 rings (SSSR count). The van der Waals surface area contributed by atoms with Gasteiger partial charge < -0.3 is 4.57 Å². The Morgan fingerprint density at radius 2 is 0.723 bits per heavy atom. The predicted molar refractivity (Wildman–Crippen MR) is 193 cm³/mol. The highest BCUT2D eigenvalue weighted by molar-refractivity contribution is 6.11. The van der Waals surface area contributed by atoms with Gasteiger partial charge in [-0.05, 0) is 40.6 Å². The monoisotopic (exact) mass is 600 g/mol. The highest BCUT2D eigenvalue weighted by Gasteiger charge is 2.19. The summed E-state index contributed by atoms with van der Waals surface area (Å²) in [6.45, 7) is 0. The highest BCUT2D eigenvalue weighted by Crippen LogP contribution is 2.40. The lowest BCUT2D eigenvalue weighted by Crippen LogP contribution is -2.01. The molecule has 7 aromatic carbocycles. The standard InChI is InChI=1S/C43H28N4/c1-3-15-29(16-4-1)41-44-42(30-17-5-2-6-18-30)46-43(45-41)37-28-27-33(31-19-7-8-20-32(31)37)34-21-9-12-24-38(34)47-39-25-13-10-22-35(39)36-23-11-14-26-40(36)47/h1-28H. The number of nitrogens with zero attached hydrogens (tertiary/aromatic N) is 4. The molecule has 0 amide bonds. The molecule has 0 N–H and O–H groups in total. The van der Waals surface area contributed by atoms with Crippen LogP contribution in [-0.4, -0.2) is 19.5 Å². The number of aromatic nitrogens is 4. The van der Waals surface area contributed by atoms with Crippen molar-refractivity contribution >= 4 is 32.6 Å². The maximum absolute atomic E-state index is 5.05. The van der Waals surface area contributed by atoms with Crippen LogP contribution < -0.4 is 0 Å². The molecule has 220 valence electrons. The van der Waals surface area contributed by atoms with Crippen LogP contribution in [-0.2, 0) is 0 Å². The maximum atomic E-state index is 5.05. The van der Waals surface area contributed by atoms with Gasteiger partial charge in [-0.15, -0.1) is 0 Å². The van der Waals surface area contributed by atoms with Gasteiger partial charge in [0.1, 0.15) is 0 Å². The first kappa shape index (κ1) is 27.0. The largest absolute Gasteiger partial charge is 0.309 e. The van der Waals surface area contributed by atoms with Crippen LogP contribution in [0.2, 0.25) is 0 Å². The van der Waals surface area contributed by atoms with E-state index in [1.54, 1.807) is 0 Å². The fourth-order valence-corrected chi connectivity index (χ4v) is 6.74. The van der Waals surface area contributed by atoms with Crippen molar-refractivity contribution in [3.63, 3.8) is 0 Å². The lowest BCUT2D eigenvalue weighted by atomic mass is 9.93. The molecule has 0 aliphatic carbocycles. The molecule has 47 heavy (non-hydrogen) atoms. The van der Waals surface area contributed by atoms with Crippen molar-refractivity contribution in [2.24, 2.45) is 0 Å². The van der Waals surface area contributed by atoms with Crippen LogP contribution in [0.5, 0.6) is 0 Å². The molecule has 0 aliphatic rings. The van der Waals surface area contributed by atoms with Crippen molar-refractivity contribution in [2.75, 3.05) is 0 Å². The number of benzene rings is 7. The van der Waals surface area contributed by atoms with Crippen molar-refractivity contribution in [3.05, 3.63) is 170 Å². The third-order valence-electron chi connectivity index (χ3n) is 8.88. The minimum absolute atomic E-state index is 0.649. The Labute approximate surface area is 272 Å². The van der Waals surface area contributed by atoms with Crippen LogP contribution in [0.1, 0.15) is 0 Å². The summed E-state index contributed by atoms with van der Waals surface area (Å²) in [6, 6.07) is 59.2. The molecule has 0 fully saturated rings. The lowest BCUT2D eigenvalue weighted by Gasteiger charge is -2.17. The molecular weight excluding hydrogens is 573 g/mol. The summed E-state index contributed by atoms with van der Waals surface area (Å²) in [7, 11) is 0. The molecule has 4 nitrogen and oxygen atoms in total. The first-order valence-corrected chi connectivity index (χ1v) is 15.8. The van der Waals surface area contributed by atoms with Crippen molar-refractivity contribution in [1.82, 2.24) is 19.5 Å². The molecule has 2 heterocycles. The predicted octanol–water partition coefficient (Wildman–Crippen LogP) is 10.8. The smallest absolute Gasteiger partial charge is 0.164 e. The Bertz CT molecular complexity index is 2460. The van der Waals surface area contributed by atoms with E-state index in [-0.39, 0.29) is 0 Å². The van der Waals surface area contributed by atoms with Crippen LogP contribution in [0.25, 0.3) is 83.6 Å². The topological polar surface area (TPSA) is 43.6 Å². The molecule has 0 atom stereocenters. The van der Waals surface area contributed by atoms with Crippen LogP contribution in [0.3, 0.4) is 0 Å². The summed E-state index contributed by atoms with van der Waals surface area (Å²) in [4.78, 5) is 15.0. The minimum Gasteiger partial charge on any atom is -0.309 e. The molecule has 0 radical (unpaired) electrons. The Balaban J connectivity index is 1.27. The van der Waals surface area contributed by atoms with Crippen LogP contribution in [0.4, 0.5) is 0 Å². The van der Waals surface area contributed by atoms with Crippen LogP contribution in [0.15, 0.2) is 170 Å². The molecule has 0 spiro atoms. The Morgan fingerprint density at radius 3 is 1.32 bits per heavy atom. The molecular formula is C43H28N4. The van der Waals surface area contributed by atoms with Crippen LogP contribution >= 0.6 is 0 Å². The summed E-state index contributed by atoms with van der Waals surface area (Å²) in [5.41, 5.74) is 8.71. The van der Waals surface area contributed by atoms with E-state index in [0.29, 0.717) is 17.5 Å².